The Labute approximate surface area is 236 Å². The van der Waals surface area contributed by atoms with Gasteiger partial charge in [0.15, 0.2) is 0 Å². The van der Waals surface area contributed by atoms with E-state index in [1.54, 1.807) is 7.11 Å². The van der Waals surface area contributed by atoms with E-state index in [1.165, 1.54) is 10.5 Å². The summed E-state index contributed by atoms with van der Waals surface area (Å²) in [6.07, 6.45) is 5.10. The molecule has 5 rings (SSSR count). The Morgan fingerprint density at radius 1 is 1.08 bits per heavy atom. The summed E-state index contributed by atoms with van der Waals surface area (Å²) in [5.74, 6) is -0.329. The van der Waals surface area contributed by atoms with Gasteiger partial charge in [-0.15, -0.1) is 0 Å². The highest BCUT2D eigenvalue weighted by Crippen LogP contribution is 2.40. The molecule has 3 heterocycles. The number of amides is 2. The average Bonchev–Trinajstić information content (AvgIpc) is 3.31. The lowest BCUT2D eigenvalue weighted by Crippen LogP contribution is -2.56. The number of nitrogens with zero attached hydrogens (tertiary/aromatic N) is 1. The molecule has 2 amide bonds. The molecule has 0 aromatic heterocycles. The second-order valence-electron chi connectivity index (χ2n) is 11.7. The number of hydrogen-bond donors (Lipinski definition) is 1. The van der Waals surface area contributed by atoms with E-state index in [1.807, 2.05) is 45.0 Å². The first kappa shape index (κ1) is 29.1. The number of alkyl carbamates (subject to hydrolysis) is 1. The molecule has 2 aromatic rings. The van der Waals surface area contributed by atoms with E-state index in [0.29, 0.717) is 11.4 Å². The number of aryl methyl sites for hydroxylation is 1. The lowest BCUT2D eigenvalue weighted by atomic mass is 9.85. The molecular weight excluding hydrogens is 516 g/mol. The fourth-order valence-electron chi connectivity index (χ4n) is 5.64. The van der Waals surface area contributed by atoms with E-state index >= 15 is 0 Å². The number of methoxy groups -OCH3 is 1. The number of rotatable bonds is 2. The highest BCUT2D eigenvalue weighted by atomic mass is 35.5. The molecule has 0 radical (unpaired) electrons. The Morgan fingerprint density at radius 2 is 1.79 bits per heavy atom. The Balaban J connectivity index is 1.73. The summed E-state index contributed by atoms with van der Waals surface area (Å²) in [5, 5.41) is 3.46. The summed E-state index contributed by atoms with van der Waals surface area (Å²) in [6, 6.07) is 12.6. The molecule has 0 aliphatic carbocycles. The first-order valence-corrected chi connectivity index (χ1v) is 14.1. The zero-order chi connectivity index (χ0) is 28.2. The smallest absolute Gasteiger partial charge is 0.407 e. The molecule has 7 nitrogen and oxygen atoms in total. The molecular formula is C31H39ClN2O5. The zero-order valence-electron chi connectivity index (χ0n) is 23.3. The summed E-state index contributed by atoms with van der Waals surface area (Å²) in [5.41, 5.74) is 2.80. The first-order chi connectivity index (χ1) is 18.6. The third-order valence-corrected chi connectivity index (χ3v) is 8.17. The monoisotopic (exact) mass is 554 g/mol. The predicted octanol–water partition coefficient (Wildman–Crippen LogP) is 5.91. The van der Waals surface area contributed by atoms with Crippen LogP contribution in [0.25, 0.3) is 11.1 Å². The predicted molar refractivity (Wildman–Crippen MR) is 152 cm³/mol. The van der Waals surface area contributed by atoms with Crippen LogP contribution in [0.4, 0.5) is 4.79 Å². The van der Waals surface area contributed by atoms with Crippen LogP contribution in [0, 0.1) is 5.41 Å². The molecule has 39 heavy (non-hydrogen) atoms. The minimum absolute atomic E-state index is 0.191. The van der Waals surface area contributed by atoms with Gasteiger partial charge in [-0.2, -0.15) is 0 Å². The number of halogens is 1. The van der Waals surface area contributed by atoms with Crippen LogP contribution >= 0.6 is 11.6 Å². The van der Waals surface area contributed by atoms with Gasteiger partial charge in [0.25, 0.3) is 0 Å². The maximum atomic E-state index is 13.9. The summed E-state index contributed by atoms with van der Waals surface area (Å²) < 4.78 is 11.5. The number of aldehydes is 1. The lowest BCUT2D eigenvalue weighted by molar-refractivity contribution is -0.139. The van der Waals surface area contributed by atoms with Gasteiger partial charge in [0.2, 0.25) is 5.91 Å². The Kier molecular flexibility index (Phi) is 9.02. The van der Waals surface area contributed by atoms with Crippen molar-refractivity contribution in [2.45, 2.75) is 77.0 Å². The van der Waals surface area contributed by atoms with Crippen LogP contribution in [0.1, 0.15) is 64.0 Å². The largest absolute Gasteiger partial charge is 0.450 e. The molecule has 1 fully saturated rings. The summed E-state index contributed by atoms with van der Waals surface area (Å²) >= 11 is 6.38. The van der Waals surface area contributed by atoms with Gasteiger partial charge in [-0.05, 0) is 59.1 Å². The van der Waals surface area contributed by atoms with Crippen LogP contribution in [0.3, 0.4) is 0 Å². The Morgan fingerprint density at radius 3 is 2.46 bits per heavy atom. The molecule has 3 atom stereocenters. The van der Waals surface area contributed by atoms with E-state index in [4.69, 9.17) is 21.1 Å². The van der Waals surface area contributed by atoms with Crippen molar-refractivity contribution in [3.8, 4) is 11.1 Å². The number of hydrogen-bond acceptors (Lipinski definition) is 5. The summed E-state index contributed by atoms with van der Waals surface area (Å²) in [4.78, 5) is 40.3. The molecule has 4 bridgehead atoms. The minimum atomic E-state index is -0.866. The molecule has 1 N–H and O–H groups in total. The van der Waals surface area contributed by atoms with Crippen molar-refractivity contribution >= 4 is 29.9 Å². The number of fused-ring (bicyclic) bond motifs is 12. The van der Waals surface area contributed by atoms with Crippen LogP contribution in [0.5, 0.6) is 0 Å². The van der Waals surface area contributed by atoms with E-state index in [9.17, 15) is 14.4 Å². The van der Waals surface area contributed by atoms with Gasteiger partial charge in [0, 0.05) is 18.6 Å². The maximum absolute atomic E-state index is 13.9. The van der Waals surface area contributed by atoms with Crippen LogP contribution in [0.15, 0.2) is 42.5 Å². The normalized spacial score (nSPS) is 25.0. The quantitative estimate of drug-likeness (QED) is 0.467. The molecule has 0 unspecified atom stereocenters. The molecule has 3 aliphatic rings. The molecule has 3 aliphatic heterocycles. The van der Waals surface area contributed by atoms with Crippen molar-refractivity contribution in [3.63, 3.8) is 0 Å². The van der Waals surface area contributed by atoms with Crippen molar-refractivity contribution in [2.24, 2.45) is 5.41 Å². The number of ether oxygens (including phenoxy) is 2. The van der Waals surface area contributed by atoms with E-state index in [2.05, 4.69) is 23.5 Å². The topological polar surface area (TPSA) is 84.9 Å². The highest BCUT2D eigenvalue weighted by Gasteiger charge is 2.50. The van der Waals surface area contributed by atoms with Gasteiger partial charge in [-0.25, -0.2) is 4.79 Å². The van der Waals surface area contributed by atoms with Crippen molar-refractivity contribution in [1.82, 2.24) is 10.2 Å². The maximum Gasteiger partial charge on any atom is 0.407 e. The van der Waals surface area contributed by atoms with Gasteiger partial charge < -0.3 is 24.5 Å². The summed E-state index contributed by atoms with van der Waals surface area (Å²) in [7, 11) is 1.61. The molecule has 0 saturated carbocycles. The van der Waals surface area contributed by atoms with Gasteiger partial charge in [0.1, 0.15) is 17.9 Å². The van der Waals surface area contributed by atoms with E-state index in [0.717, 1.165) is 55.1 Å². The van der Waals surface area contributed by atoms with Gasteiger partial charge in [-0.3, -0.25) is 4.79 Å². The van der Waals surface area contributed by atoms with Crippen molar-refractivity contribution in [3.05, 3.63) is 58.6 Å². The molecule has 2 aromatic carbocycles. The zero-order valence-corrected chi connectivity index (χ0v) is 24.1. The molecule has 0 spiro atoms. The molecule has 1 saturated heterocycles. The number of benzene rings is 2. The number of carbonyl (C=O) groups is 3. The third kappa shape index (κ3) is 6.47. The Bertz CT molecular complexity index is 1190. The van der Waals surface area contributed by atoms with Crippen LogP contribution in [-0.2, 0) is 31.1 Å². The lowest BCUT2D eigenvalue weighted by Gasteiger charge is -2.35. The average molecular weight is 555 g/mol. The van der Waals surface area contributed by atoms with E-state index < -0.39 is 29.2 Å². The van der Waals surface area contributed by atoms with Gasteiger partial charge in [0.05, 0.1) is 19.2 Å². The van der Waals surface area contributed by atoms with Gasteiger partial charge >= 0.3 is 6.09 Å². The fourth-order valence-corrected chi connectivity index (χ4v) is 5.81. The van der Waals surface area contributed by atoms with Crippen LogP contribution < -0.4 is 5.32 Å². The number of nitrogens with one attached hydrogen (secondary N) is 1. The number of carbonyl (C=O) groups excluding carboxylic acids is 3. The highest BCUT2D eigenvalue weighted by molar-refractivity contribution is 6.30. The van der Waals surface area contributed by atoms with Crippen molar-refractivity contribution in [1.29, 1.82) is 0 Å². The standard InChI is InChI=1S/C31H39ClN2O5/c1-30(2,3)27-28(36)34-20-31(38-4,18-25(34)19-35)23-13-10-22(11-14-23)26-17-24(32)15-12-21(26)9-7-5-6-8-16-39-29(37)33-27/h10-15,17,19,25,27H,5-9,16,18,20H2,1-4H3,(H,33,37)/t25-,27+,31-/m0/s1. The van der Waals surface area contributed by atoms with Crippen molar-refractivity contribution < 1.29 is 23.9 Å². The second-order valence-corrected chi connectivity index (χ2v) is 12.1. The van der Waals surface area contributed by atoms with Gasteiger partial charge in [-0.1, -0.05) is 75.5 Å². The Hall–Kier alpha value is -2.90. The second kappa shape index (κ2) is 12.1. The SMILES string of the molecule is CO[C@@]12C[C@@H](C=O)N(C1)C(=O)[C@H](C(C)(C)C)NC(=O)OCCCCCCc1ccc(Cl)cc1-c1ccc2cc1. The first-order valence-electron chi connectivity index (χ1n) is 13.7. The third-order valence-electron chi connectivity index (χ3n) is 7.94. The molecule has 8 heteroatoms. The summed E-state index contributed by atoms with van der Waals surface area (Å²) in [6.45, 7) is 6.12. The van der Waals surface area contributed by atoms with Crippen LogP contribution in [0.2, 0.25) is 5.02 Å². The molecule has 210 valence electrons. The van der Waals surface area contributed by atoms with Crippen LogP contribution in [-0.4, -0.2) is 55.5 Å². The van der Waals surface area contributed by atoms with E-state index in [-0.39, 0.29) is 19.1 Å². The fraction of sp³-hybridized carbons (Fsp3) is 0.516. The minimum Gasteiger partial charge on any atom is -0.450 e. The van der Waals surface area contributed by atoms with Crippen molar-refractivity contribution in [2.75, 3.05) is 20.3 Å².